The molecule has 0 saturated carbocycles. The van der Waals surface area contributed by atoms with Crippen molar-refractivity contribution < 1.29 is 9.47 Å². The van der Waals surface area contributed by atoms with E-state index in [2.05, 4.69) is 22.1 Å². The van der Waals surface area contributed by atoms with Gasteiger partial charge in [0, 0.05) is 12.0 Å². The van der Waals surface area contributed by atoms with Gasteiger partial charge in [0.25, 0.3) is 0 Å². The fourth-order valence-electron chi connectivity index (χ4n) is 3.19. The van der Waals surface area contributed by atoms with Crippen molar-refractivity contribution in [1.82, 2.24) is 9.97 Å². The van der Waals surface area contributed by atoms with Crippen LogP contribution in [-0.2, 0) is 24.0 Å². The molecule has 2 aromatic heterocycles. The maximum absolute atomic E-state index is 6.14. The van der Waals surface area contributed by atoms with E-state index in [9.17, 15) is 0 Å². The number of hydrogen-bond donors (Lipinski definition) is 0. The van der Waals surface area contributed by atoms with Crippen molar-refractivity contribution in [3.63, 3.8) is 0 Å². The SMILES string of the molecule is COCCc1ccc(Oc2nc(C)nc3sc4c(c23)CCC4)cc1. The lowest BCUT2D eigenvalue weighted by molar-refractivity contribution is 0.202. The zero-order valence-electron chi connectivity index (χ0n) is 14.0. The van der Waals surface area contributed by atoms with Gasteiger partial charge in [-0.2, -0.15) is 4.98 Å². The van der Waals surface area contributed by atoms with Gasteiger partial charge in [-0.1, -0.05) is 12.1 Å². The molecule has 0 N–H and O–H groups in total. The Labute approximate surface area is 145 Å². The lowest BCUT2D eigenvalue weighted by Gasteiger charge is -2.09. The number of fused-ring (bicyclic) bond motifs is 3. The minimum Gasteiger partial charge on any atom is -0.438 e. The summed E-state index contributed by atoms with van der Waals surface area (Å²) in [5, 5.41) is 1.11. The maximum atomic E-state index is 6.14. The van der Waals surface area contributed by atoms with Crippen LogP contribution in [0.5, 0.6) is 11.6 Å². The highest BCUT2D eigenvalue weighted by Gasteiger charge is 2.22. The second-order valence-electron chi connectivity index (χ2n) is 6.10. The Hall–Kier alpha value is -1.98. The molecule has 0 bridgehead atoms. The van der Waals surface area contributed by atoms with E-state index < -0.39 is 0 Å². The van der Waals surface area contributed by atoms with Crippen LogP contribution < -0.4 is 4.74 Å². The van der Waals surface area contributed by atoms with E-state index >= 15 is 0 Å². The van der Waals surface area contributed by atoms with Gasteiger partial charge in [0.2, 0.25) is 5.88 Å². The van der Waals surface area contributed by atoms with Gasteiger partial charge in [-0.3, -0.25) is 0 Å². The van der Waals surface area contributed by atoms with E-state index in [0.717, 1.165) is 47.7 Å². The molecule has 24 heavy (non-hydrogen) atoms. The van der Waals surface area contributed by atoms with E-state index in [-0.39, 0.29) is 0 Å². The van der Waals surface area contributed by atoms with Crippen LogP contribution in [0.2, 0.25) is 0 Å². The molecule has 4 nitrogen and oxygen atoms in total. The zero-order valence-corrected chi connectivity index (χ0v) is 14.8. The molecule has 2 heterocycles. The fraction of sp³-hybridized carbons (Fsp3) is 0.368. The van der Waals surface area contributed by atoms with Gasteiger partial charge in [-0.25, -0.2) is 4.98 Å². The highest BCUT2D eigenvalue weighted by atomic mass is 32.1. The summed E-state index contributed by atoms with van der Waals surface area (Å²) in [6.07, 6.45) is 4.39. The number of benzene rings is 1. The Morgan fingerprint density at radius 3 is 2.75 bits per heavy atom. The molecule has 1 aliphatic rings. The van der Waals surface area contributed by atoms with E-state index in [0.29, 0.717) is 5.88 Å². The largest absolute Gasteiger partial charge is 0.438 e. The lowest BCUT2D eigenvalue weighted by Crippen LogP contribution is -1.96. The highest BCUT2D eigenvalue weighted by Crippen LogP contribution is 2.41. The topological polar surface area (TPSA) is 44.2 Å². The quantitative estimate of drug-likeness (QED) is 0.687. The molecule has 0 saturated heterocycles. The van der Waals surface area contributed by atoms with Crippen molar-refractivity contribution in [1.29, 1.82) is 0 Å². The number of hydrogen-bond acceptors (Lipinski definition) is 5. The van der Waals surface area contributed by atoms with Crippen LogP contribution in [0.3, 0.4) is 0 Å². The first-order chi connectivity index (χ1) is 11.7. The molecule has 4 rings (SSSR count). The average molecular weight is 340 g/mol. The third-order valence-corrected chi connectivity index (χ3v) is 5.56. The van der Waals surface area contributed by atoms with Crippen LogP contribution in [0.15, 0.2) is 24.3 Å². The number of aryl methyl sites for hydroxylation is 3. The smallest absolute Gasteiger partial charge is 0.231 e. The predicted molar refractivity (Wildman–Crippen MR) is 96.3 cm³/mol. The Kier molecular flexibility index (Phi) is 4.21. The van der Waals surface area contributed by atoms with Gasteiger partial charge in [0.15, 0.2) is 0 Å². The Morgan fingerprint density at radius 1 is 1.12 bits per heavy atom. The number of methoxy groups -OCH3 is 1. The molecular weight excluding hydrogens is 320 g/mol. The Bertz CT molecular complexity index is 871. The monoisotopic (exact) mass is 340 g/mol. The Morgan fingerprint density at radius 2 is 1.96 bits per heavy atom. The van der Waals surface area contributed by atoms with Gasteiger partial charge in [0.05, 0.1) is 12.0 Å². The standard InChI is InChI=1S/C19H20N2O2S/c1-12-20-18(17-15-4-3-5-16(15)24-19(17)21-12)23-14-8-6-13(7-9-14)10-11-22-2/h6-9H,3-5,10-11H2,1-2H3. The van der Waals surface area contributed by atoms with Crippen molar-refractivity contribution in [2.75, 3.05) is 13.7 Å². The van der Waals surface area contributed by atoms with Crippen LogP contribution in [0.1, 0.15) is 28.2 Å². The second kappa shape index (κ2) is 6.49. The van der Waals surface area contributed by atoms with E-state index in [1.807, 2.05) is 19.1 Å². The first kappa shape index (κ1) is 15.5. The third kappa shape index (κ3) is 2.89. The molecule has 0 spiro atoms. The minimum absolute atomic E-state index is 0.696. The minimum atomic E-state index is 0.696. The molecule has 5 heteroatoms. The first-order valence-corrected chi connectivity index (χ1v) is 9.11. The molecule has 0 radical (unpaired) electrons. The summed E-state index contributed by atoms with van der Waals surface area (Å²) in [6.45, 7) is 2.65. The van der Waals surface area contributed by atoms with Crippen molar-refractivity contribution in [2.45, 2.75) is 32.6 Å². The summed E-state index contributed by atoms with van der Waals surface area (Å²) in [5.41, 5.74) is 2.63. The molecule has 0 amide bonds. The summed E-state index contributed by atoms with van der Waals surface area (Å²) in [4.78, 5) is 11.7. The molecular formula is C19H20N2O2S. The van der Waals surface area contributed by atoms with Crippen molar-refractivity contribution in [3.8, 4) is 11.6 Å². The van der Waals surface area contributed by atoms with E-state index in [4.69, 9.17) is 9.47 Å². The average Bonchev–Trinajstić information content (AvgIpc) is 3.14. The summed E-state index contributed by atoms with van der Waals surface area (Å²) in [5.74, 6) is 2.27. The van der Waals surface area contributed by atoms with Crippen LogP contribution in [-0.4, -0.2) is 23.7 Å². The number of rotatable bonds is 5. The number of aromatic nitrogens is 2. The summed E-state index contributed by atoms with van der Waals surface area (Å²) < 4.78 is 11.3. The van der Waals surface area contributed by atoms with Crippen molar-refractivity contribution >= 4 is 21.6 Å². The molecule has 124 valence electrons. The first-order valence-electron chi connectivity index (χ1n) is 8.29. The van der Waals surface area contributed by atoms with Crippen molar-refractivity contribution in [3.05, 3.63) is 46.1 Å². The molecule has 1 aromatic carbocycles. The van der Waals surface area contributed by atoms with Crippen LogP contribution in [0.25, 0.3) is 10.2 Å². The molecule has 0 fully saturated rings. The van der Waals surface area contributed by atoms with Gasteiger partial charge in [-0.15, -0.1) is 11.3 Å². The molecule has 0 atom stereocenters. The van der Waals surface area contributed by atoms with E-state index in [1.54, 1.807) is 18.4 Å². The molecule has 0 aliphatic heterocycles. The van der Waals surface area contributed by atoms with Crippen LogP contribution in [0.4, 0.5) is 0 Å². The summed E-state index contributed by atoms with van der Waals surface area (Å²) in [7, 11) is 1.72. The molecule has 3 aromatic rings. The molecule has 0 unspecified atom stereocenters. The van der Waals surface area contributed by atoms with Crippen LogP contribution >= 0.6 is 11.3 Å². The number of thiophene rings is 1. The summed E-state index contributed by atoms with van der Waals surface area (Å²) in [6, 6.07) is 8.16. The van der Waals surface area contributed by atoms with Crippen LogP contribution in [0, 0.1) is 6.92 Å². The van der Waals surface area contributed by atoms with E-state index in [1.165, 1.54) is 22.4 Å². The van der Waals surface area contributed by atoms with Gasteiger partial charge < -0.3 is 9.47 Å². The third-order valence-electron chi connectivity index (χ3n) is 4.38. The number of nitrogens with zero attached hydrogens (tertiary/aromatic N) is 2. The highest BCUT2D eigenvalue weighted by molar-refractivity contribution is 7.19. The molecule has 1 aliphatic carbocycles. The maximum Gasteiger partial charge on any atom is 0.231 e. The normalized spacial score (nSPS) is 13.4. The zero-order chi connectivity index (χ0) is 16.5. The number of ether oxygens (including phenoxy) is 2. The van der Waals surface area contributed by atoms with Gasteiger partial charge in [-0.05, 0) is 55.9 Å². The van der Waals surface area contributed by atoms with Crippen molar-refractivity contribution in [2.24, 2.45) is 0 Å². The Balaban J connectivity index is 1.66. The fourth-order valence-corrected chi connectivity index (χ4v) is 4.49. The summed E-state index contributed by atoms with van der Waals surface area (Å²) >= 11 is 1.79. The predicted octanol–water partition coefficient (Wildman–Crippen LogP) is 4.47. The lowest BCUT2D eigenvalue weighted by atomic mass is 10.1. The van der Waals surface area contributed by atoms with Gasteiger partial charge in [0.1, 0.15) is 16.4 Å². The van der Waals surface area contributed by atoms with Gasteiger partial charge >= 0.3 is 0 Å². The second-order valence-corrected chi connectivity index (χ2v) is 7.19.